The first kappa shape index (κ1) is 18.6. The Labute approximate surface area is 147 Å². The Balaban J connectivity index is 2.32. The Morgan fingerprint density at radius 3 is 2.32 bits per heavy atom. The summed E-state index contributed by atoms with van der Waals surface area (Å²) >= 11 is 0. The Hall–Kier alpha value is -2.74. The number of carbonyl (C=O) groups is 1. The second kappa shape index (κ2) is 8.39. The summed E-state index contributed by atoms with van der Waals surface area (Å²) in [4.78, 5) is 18.8. The Morgan fingerprint density at radius 2 is 1.80 bits per heavy atom. The van der Waals surface area contributed by atoms with Crippen LogP contribution in [0.15, 0.2) is 29.1 Å². The quantitative estimate of drug-likeness (QED) is 0.426. The molecular formula is C17H23N3O5. The molecule has 8 nitrogen and oxygen atoms in total. The van der Waals surface area contributed by atoms with Gasteiger partial charge in [0.15, 0.2) is 11.5 Å². The lowest BCUT2D eigenvalue weighted by Crippen LogP contribution is -2.24. The minimum absolute atomic E-state index is 0.341. The van der Waals surface area contributed by atoms with E-state index in [9.17, 15) is 4.79 Å². The molecule has 0 saturated carbocycles. The number of carbonyl (C=O) groups excluding carboxylic acids is 1. The molecule has 0 amide bonds. The van der Waals surface area contributed by atoms with Crippen LogP contribution in [-0.4, -0.2) is 65.1 Å². The van der Waals surface area contributed by atoms with Crippen molar-refractivity contribution in [1.82, 2.24) is 10.2 Å². The van der Waals surface area contributed by atoms with Gasteiger partial charge >= 0.3 is 5.97 Å². The molecule has 0 spiro atoms. The smallest absolute Gasteiger partial charge is 0.369 e. The van der Waals surface area contributed by atoms with E-state index >= 15 is 0 Å². The van der Waals surface area contributed by atoms with Crippen molar-refractivity contribution in [1.29, 1.82) is 0 Å². The van der Waals surface area contributed by atoms with E-state index < -0.39 is 5.97 Å². The molecule has 0 aliphatic carbocycles. The number of oxime groups is 1. The third kappa shape index (κ3) is 4.21. The van der Waals surface area contributed by atoms with Crippen LogP contribution in [0.1, 0.15) is 5.56 Å². The molecule has 0 bridgehead atoms. The van der Waals surface area contributed by atoms with Gasteiger partial charge < -0.3 is 29.3 Å². The van der Waals surface area contributed by atoms with Crippen molar-refractivity contribution in [2.75, 3.05) is 48.5 Å². The van der Waals surface area contributed by atoms with Gasteiger partial charge in [0.25, 0.3) is 0 Å². The summed E-state index contributed by atoms with van der Waals surface area (Å²) in [5.41, 5.74) is 1.37. The van der Waals surface area contributed by atoms with Gasteiger partial charge in [-0.3, -0.25) is 0 Å². The fourth-order valence-electron chi connectivity index (χ4n) is 2.30. The van der Waals surface area contributed by atoms with Crippen molar-refractivity contribution in [2.24, 2.45) is 5.16 Å². The van der Waals surface area contributed by atoms with E-state index in [2.05, 4.69) is 10.5 Å². The molecule has 0 unspecified atom stereocenters. The molecule has 1 heterocycles. The number of benzene rings is 1. The van der Waals surface area contributed by atoms with Crippen molar-refractivity contribution >= 4 is 11.7 Å². The number of hydrogen-bond donors (Lipinski definition) is 1. The SMILES string of the molecule is COc1cc(C2=NOC(=O)C2=CNCCN(C)C)cc(OC)c1OC. The van der Waals surface area contributed by atoms with Gasteiger partial charge in [-0.15, -0.1) is 0 Å². The number of nitrogens with one attached hydrogen (secondary N) is 1. The summed E-state index contributed by atoms with van der Waals surface area (Å²) in [5, 5.41) is 6.98. The van der Waals surface area contributed by atoms with Gasteiger partial charge in [0.1, 0.15) is 11.3 Å². The molecular weight excluding hydrogens is 326 g/mol. The van der Waals surface area contributed by atoms with E-state index in [1.807, 2.05) is 19.0 Å². The number of ether oxygens (including phenoxy) is 3. The van der Waals surface area contributed by atoms with Crippen molar-refractivity contribution < 1.29 is 23.8 Å². The minimum Gasteiger partial charge on any atom is -0.493 e. The van der Waals surface area contributed by atoms with Crippen LogP contribution >= 0.6 is 0 Å². The second-order valence-corrected chi connectivity index (χ2v) is 5.55. The molecule has 2 rings (SSSR count). The molecule has 0 fully saturated rings. The molecule has 1 aromatic rings. The highest BCUT2D eigenvalue weighted by Crippen LogP contribution is 2.39. The number of hydrogen-bond acceptors (Lipinski definition) is 8. The van der Waals surface area contributed by atoms with Crippen LogP contribution in [0.25, 0.3) is 0 Å². The number of nitrogens with zero attached hydrogens (tertiary/aromatic N) is 2. The van der Waals surface area contributed by atoms with Gasteiger partial charge in [-0.1, -0.05) is 5.16 Å². The summed E-state index contributed by atoms with van der Waals surface area (Å²) in [6.07, 6.45) is 1.61. The topological polar surface area (TPSA) is 81.6 Å². The molecule has 136 valence electrons. The van der Waals surface area contributed by atoms with E-state index in [1.54, 1.807) is 18.3 Å². The van der Waals surface area contributed by atoms with Crippen LogP contribution in [0.3, 0.4) is 0 Å². The van der Waals surface area contributed by atoms with Crippen LogP contribution < -0.4 is 19.5 Å². The Morgan fingerprint density at radius 1 is 1.16 bits per heavy atom. The van der Waals surface area contributed by atoms with Crippen molar-refractivity contribution in [2.45, 2.75) is 0 Å². The van der Waals surface area contributed by atoms with Crippen LogP contribution in [0, 0.1) is 0 Å². The second-order valence-electron chi connectivity index (χ2n) is 5.55. The number of rotatable bonds is 8. The van der Waals surface area contributed by atoms with E-state index in [-0.39, 0.29) is 0 Å². The monoisotopic (exact) mass is 349 g/mol. The summed E-state index contributed by atoms with van der Waals surface area (Å²) in [7, 11) is 8.53. The molecule has 0 radical (unpaired) electrons. The summed E-state index contributed by atoms with van der Waals surface area (Å²) < 4.78 is 16.0. The summed E-state index contributed by atoms with van der Waals surface area (Å²) in [5.74, 6) is 0.896. The zero-order valence-corrected chi connectivity index (χ0v) is 15.1. The van der Waals surface area contributed by atoms with Crippen molar-refractivity contribution in [3.05, 3.63) is 29.5 Å². The zero-order valence-electron chi connectivity index (χ0n) is 15.1. The highest BCUT2D eigenvalue weighted by atomic mass is 16.7. The first-order valence-corrected chi connectivity index (χ1v) is 7.70. The van der Waals surface area contributed by atoms with Crippen molar-refractivity contribution in [3.63, 3.8) is 0 Å². The van der Waals surface area contributed by atoms with Crippen LogP contribution in [0.2, 0.25) is 0 Å². The largest absolute Gasteiger partial charge is 0.493 e. The van der Waals surface area contributed by atoms with Crippen LogP contribution in [0.4, 0.5) is 0 Å². The Kier molecular flexibility index (Phi) is 6.24. The van der Waals surface area contributed by atoms with Gasteiger partial charge in [-0.25, -0.2) is 4.79 Å². The molecule has 8 heteroatoms. The maximum Gasteiger partial charge on any atom is 0.369 e. The van der Waals surface area contributed by atoms with Gasteiger partial charge in [0.05, 0.1) is 21.3 Å². The molecule has 0 aromatic heterocycles. The molecule has 1 aliphatic rings. The first-order valence-electron chi connectivity index (χ1n) is 7.70. The molecule has 1 aromatic carbocycles. The number of methoxy groups -OCH3 is 3. The molecule has 25 heavy (non-hydrogen) atoms. The fraction of sp³-hybridized carbons (Fsp3) is 0.412. The molecule has 0 saturated heterocycles. The van der Waals surface area contributed by atoms with Gasteiger partial charge in [-0.2, -0.15) is 0 Å². The Bertz CT molecular complexity index is 673. The predicted octanol–water partition coefficient (Wildman–Crippen LogP) is 1.01. The van der Waals surface area contributed by atoms with Crippen LogP contribution in [-0.2, 0) is 9.63 Å². The standard InChI is InChI=1S/C17H23N3O5/c1-20(2)7-6-18-10-12-15(19-25-17(12)21)11-8-13(22-3)16(24-5)14(9-11)23-4/h8-10,18H,6-7H2,1-5H3. The molecule has 0 atom stereocenters. The van der Waals surface area contributed by atoms with E-state index in [4.69, 9.17) is 19.0 Å². The first-order chi connectivity index (χ1) is 12.0. The average molecular weight is 349 g/mol. The highest BCUT2D eigenvalue weighted by Gasteiger charge is 2.28. The van der Waals surface area contributed by atoms with Gasteiger partial charge in [0, 0.05) is 24.9 Å². The molecule has 1 N–H and O–H groups in total. The lowest BCUT2D eigenvalue weighted by Gasteiger charge is -2.14. The lowest BCUT2D eigenvalue weighted by atomic mass is 10.0. The minimum atomic E-state index is -0.513. The van der Waals surface area contributed by atoms with Crippen molar-refractivity contribution in [3.8, 4) is 17.2 Å². The van der Waals surface area contributed by atoms with Crippen LogP contribution in [0.5, 0.6) is 17.2 Å². The number of likely N-dealkylation sites (N-methyl/N-ethyl adjacent to an activating group) is 1. The summed E-state index contributed by atoms with van der Waals surface area (Å²) in [6.45, 7) is 1.52. The maximum atomic E-state index is 12.0. The normalized spacial score (nSPS) is 15.2. The average Bonchev–Trinajstić information content (AvgIpc) is 2.97. The van der Waals surface area contributed by atoms with E-state index in [1.165, 1.54) is 21.3 Å². The zero-order chi connectivity index (χ0) is 18.4. The molecule has 1 aliphatic heterocycles. The maximum absolute atomic E-state index is 12.0. The fourth-order valence-corrected chi connectivity index (χ4v) is 2.30. The van der Waals surface area contributed by atoms with E-state index in [0.717, 1.165) is 6.54 Å². The third-order valence-corrected chi connectivity index (χ3v) is 3.58. The van der Waals surface area contributed by atoms with E-state index in [0.29, 0.717) is 40.6 Å². The predicted molar refractivity (Wildman–Crippen MR) is 93.4 cm³/mol. The highest BCUT2D eigenvalue weighted by molar-refractivity contribution is 6.29. The van der Waals surface area contributed by atoms with Gasteiger partial charge in [-0.05, 0) is 26.2 Å². The summed E-state index contributed by atoms with van der Waals surface area (Å²) in [6, 6.07) is 3.44. The third-order valence-electron chi connectivity index (χ3n) is 3.58. The lowest BCUT2D eigenvalue weighted by molar-refractivity contribution is -0.136. The van der Waals surface area contributed by atoms with Gasteiger partial charge in [0.2, 0.25) is 5.75 Å².